The number of aromatic nitrogens is 2. The van der Waals surface area contributed by atoms with Crippen LogP contribution in [0.5, 0.6) is 17.4 Å². The fraction of sp³-hybridized carbons (Fsp3) is 0.375. The van der Waals surface area contributed by atoms with Gasteiger partial charge >= 0.3 is 0 Å². The van der Waals surface area contributed by atoms with E-state index in [0.717, 1.165) is 19.4 Å². The third-order valence-electron chi connectivity index (χ3n) is 3.01. The highest BCUT2D eigenvalue weighted by atomic mass is 16.5. The first-order valence-electron chi connectivity index (χ1n) is 7.18. The minimum absolute atomic E-state index is 0.492. The first-order valence-corrected chi connectivity index (χ1v) is 7.18. The van der Waals surface area contributed by atoms with Gasteiger partial charge < -0.3 is 14.8 Å². The van der Waals surface area contributed by atoms with Crippen LogP contribution >= 0.6 is 0 Å². The summed E-state index contributed by atoms with van der Waals surface area (Å²) in [5.74, 6) is 2.41. The van der Waals surface area contributed by atoms with Gasteiger partial charge in [-0.05, 0) is 30.5 Å². The number of hydrogen-bond acceptors (Lipinski definition) is 5. The standard InChI is InChI=1S/C16H21N3O2/c1-4-9-17-16-18-10-8-15(19-16)21-13-7-6-12(5-2)11-14(13)20-3/h6-8,10-11H,4-5,9H2,1-3H3,(H,17,18,19). The van der Waals surface area contributed by atoms with E-state index in [1.165, 1.54) is 5.56 Å². The summed E-state index contributed by atoms with van der Waals surface area (Å²) < 4.78 is 11.2. The van der Waals surface area contributed by atoms with E-state index in [1.807, 2.05) is 18.2 Å². The van der Waals surface area contributed by atoms with Crippen LogP contribution in [-0.4, -0.2) is 23.6 Å². The molecule has 0 fully saturated rings. The molecule has 0 saturated carbocycles. The Morgan fingerprint density at radius 2 is 2.00 bits per heavy atom. The first kappa shape index (κ1) is 15.1. The van der Waals surface area contributed by atoms with Crippen LogP contribution in [0, 0.1) is 0 Å². The Bertz CT molecular complexity index is 587. The lowest BCUT2D eigenvalue weighted by Gasteiger charge is -2.11. The summed E-state index contributed by atoms with van der Waals surface area (Å²) in [5.41, 5.74) is 1.20. The van der Waals surface area contributed by atoms with E-state index in [4.69, 9.17) is 9.47 Å². The number of hydrogen-bond donors (Lipinski definition) is 1. The molecule has 0 aliphatic heterocycles. The minimum Gasteiger partial charge on any atom is -0.493 e. The highest BCUT2D eigenvalue weighted by Crippen LogP contribution is 2.31. The molecule has 1 heterocycles. The molecule has 0 aliphatic rings. The van der Waals surface area contributed by atoms with Crippen molar-refractivity contribution in [2.24, 2.45) is 0 Å². The molecule has 1 N–H and O–H groups in total. The fourth-order valence-electron chi connectivity index (χ4n) is 1.85. The maximum atomic E-state index is 5.80. The molecule has 0 saturated heterocycles. The Kier molecular flexibility index (Phi) is 5.37. The van der Waals surface area contributed by atoms with Crippen LogP contribution in [0.3, 0.4) is 0 Å². The van der Waals surface area contributed by atoms with Gasteiger partial charge in [-0.15, -0.1) is 0 Å². The molecule has 1 aromatic heterocycles. The smallest absolute Gasteiger partial charge is 0.225 e. The number of methoxy groups -OCH3 is 1. The predicted molar refractivity (Wildman–Crippen MR) is 83.3 cm³/mol. The summed E-state index contributed by atoms with van der Waals surface area (Å²) in [7, 11) is 1.63. The number of nitrogens with zero attached hydrogens (tertiary/aromatic N) is 2. The molecule has 0 amide bonds. The zero-order valence-corrected chi connectivity index (χ0v) is 12.7. The largest absolute Gasteiger partial charge is 0.493 e. The summed E-state index contributed by atoms with van der Waals surface area (Å²) in [6, 6.07) is 7.63. The van der Waals surface area contributed by atoms with Crippen molar-refractivity contribution in [2.75, 3.05) is 19.0 Å². The van der Waals surface area contributed by atoms with Gasteiger partial charge in [-0.1, -0.05) is 19.9 Å². The fourth-order valence-corrected chi connectivity index (χ4v) is 1.85. The van der Waals surface area contributed by atoms with Gasteiger partial charge in [0.25, 0.3) is 0 Å². The van der Waals surface area contributed by atoms with Gasteiger partial charge in [-0.3, -0.25) is 0 Å². The third-order valence-corrected chi connectivity index (χ3v) is 3.01. The summed E-state index contributed by atoms with van der Waals surface area (Å²) >= 11 is 0. The second-order valence-corrected chi connectivity index (χ2v) is 4.59. The zero-order valence-electron chi connectivity index (χ0n) is 12.7. The van der Waals surface area contributed by atoms with Gasteiger partial charge in [0.05, 0.1) is 7.11 Å². The van der Waals surface area contributed by atoms with Gasteiger partial charge in [0, 0.05) is 18.8 Å². The Hall–Kier alpha value is -2.30. The van der Waals surface area contributed by atoms with Crippen molar-refractivity contribution < 1.29 is 9.47 Å². The van der Waals surface area contributed by atoms with Gasteiger partial charge in [-0.2, -0.15) is 4.98 Å². The molecule has 2 aromatic rings. The molecule has 0 bridgehead atoms. The van der Waals surface area contributed by atoms with Gasteiger partial charge in [-0.25, -0.2) is 4.98 Å². The molecule has 1 aromatic carbocycles. The van der Waals surface area contributed by atoms with E-state index in [0.29, 0.717) is 23.3 Å². The van der Waals surface area contributed by atoms with Crippen LogP contribution in [0.25, 0.3) is 0 Å². The molecule has 0 atom stereocenters. The van der Waals surface area contributed by atoms with Gasteiger partial charge in [0.1, 0.15) is 0 Å². The van der Waals surface area contributed by atoms with Crippen molar-refractivity contribution in [1.29, 1.82) is 0 Å². The van der Waals surface area contributed by atoms with Crippen molar-refractivity contribution >= 4 is 5.95 Å². The van der Waals surface area contributed by atoms with Crippen molar-refractivity contribution in [3.63, 3.8) is 0 Å². The maximum Gasteiger partial charge on any atom is 0.225 e. The topological polar surface area (TPSA) is 56.3 Å². The average molecular weight is 287 g/mol. The van der Waals surface area contributed by atoms with Crippen molar-refractivity contribution in [3.8, 4) is 17.4 Å². The molecule has 21 heavy (non-hydrogen) atoms. The Morgan fingerprint density at radius 1 is 1.14 bits per heavy atom. The van der Waals surface area contributed by atoms with Gasteiger partial charge in [0.15, 0.2) is 11.5 Å². The van der Waals surface area contributed by atoms with E-state index in [1.54, 1.807) is 19.4 Å². The number of nitrogens with one attached hydrogen (secondary N) is 1. The lowest BCUT2D eigenvalue weighted by Crippen LogP contribution is -2.04. The Balaban J connectivity index is 2.17. The minimum atomic E-state index is 0.492. The second-order valence-electron chi connectivity index (χ2n) is 4.59. The van der Waals surface area contributed by atoms with E-state index in [2.05, 4.69) is 29.1 Å². The average Bonchev–Trinajstić information content (AvgIpc) is 2.53. The van der Waals surface area contributed by atoms with E-state index in [-0.39, 0.29) is 0 Å². The molecule has 0 radical (unpaired) electrons. The number of aryl methyl sites for hydroxylation is 1. The molecule has 5 nitrogen and oxygen atoms in total. The number of rotatable bonds is 7. The Morgan fingerprint density at radius 3 is 2.71 bits per heavy atom. The number of anilines is 1. The van der Waals surface area contributed by atoms with Crippen LogP contribution in [0.15, 0.2) is 30.5 Å². The highest BCUT2D eigenvalue weighted by Gasteiger charge is 2.08. The van der Waals surface area contributed by atoms with Crippen LogP contribution in [0.2, 0.25) is 0 Å². The van der Waals surface area contributed by atoms with E-state index < -0.39 is 0 Å². The van der Waals surface area contributed by atoms with Crippen molar-refractivity contribution in [1.82, 2.24) is 9.97 Å². The maximum absolute atomic E-state index is 5.80. The quantitative estimate of drug-likeness (QED) is 0.842. The zero-order chi connectivity index (χ0) is 15.1. The predicted octanol–water partition coefficient (Wildman–Crippen LogP) is 3.66. The van der Waals surface area contributed by atoms with Crippen LogP contribution in [0.1, 0.15) is 25.8 Å². The summed E-state index contributed by atoms with van der Waals surface area (Å²) in [5, 5.41) is 3.13. The lowest BCUT2D eigenvalue weighted by molar-refractivity contribution is 0.373. The molecule has 5 heteroatoms. The normalized spacial score (nSPS) is 10.2. The molecule has 2 rings (SSSR count). The number of ether oxygens (including phenoxy) is 2. The van der Waals surface area contributed by atoms with Gasteiger partial charge in [0.2, 0.25) is 11.8 Å². The molecule has 112 valence electrons. The first-order chi connectivity index (χ1) is 10.3. The van der Waals surface area contributed by atoms with Crippen LogP contribution in [-0.2, 0) is 6.42 Å². The lowest BCUT2D eigenvalue weighted by atomic mass is 10.1. The summed E-state index contributed by atoms with van der Waals surface area (Å²) in [4.78, 5) is 8.48. The molecular weight excluding hydrogens is 266 g/mol. The summed E-state index contributed by atoms with van der Waals surface area (Å²) in [6.45, 7) is 5.02. The third kappa shape index (κ3) is 4.08. The van der Waals surface area contributed by atoms with Crippen LogP contribution < -0.4 is 14.8 Å². The van der Waals surface area contributed by atoms with Crippen molar-refractivity contribution in [3.05, 3.63) is 36.0 Å². The van der Waals surface area contributed by atoms with Crippen molar-refractivity contribution in [2.45, 2.75) is 26.7 Å². The summed E-state index contributed by atoms with van der Waals surface area (Å²) in [6.07, 6.45) is 3.64. The van der Waals surface area contributed by atoms with E-state index >= 15 is 0 Å². The SMILES string of the molecule is CCCNc1nccc(Oc2ccc(CC)cc2OC)n1. The molecule has 0 aliphatic carbocycles. The molecule has 0 unspecified atom stereocenters. The number of benzene rings is 1. The molecule has 0 spiro atoms. The molecular formula is C16H21N3O2. The highest BCUT2D eigenvalue weighted by molar-refractivity contribution is 5.45. The van der Waals surface area contributed by atoms with Crippen LogP contribution in [0.4, 0.5) is 5.95 Å². The van der Waals surface area contributed by atoms with E-state index in [9.17, 15) is 0 Å². The monoisotopic (exact) mass is 287 g/mol. The Labute approximate surface area is 125 Å². The second kappa shape index (κ2) is 7.47.